The summed E-state index contributed by atoms with van der Waals surface area (Å²) in [6.07, 6.45) is 11.2. The molecule has 1 aromatic carbocycles. The van der Waals surface area contributed by atoms with Crippen molar-refractivity contribution in [1.29, 1.82) is 0 Å². The van der Waals surface area contributed by atoms with E-state index in [1.54, 1.807) is 24.8 Å². The molecule has 1 aliphatic carbocycles. The summed E-state index contributed by atoms with van der Waals surface area (Å²) in [6, 6.07) is 15.4. The molecule has 1 amide bonds. The number of H-pyrrole nitrogens is 1. The summed E-state index contributed by atoms with van der Waals surface area (Å²) in [7, 11) is 0. The van der Waals surface area contributed by atoms with Crippen molar-refractivity contribution in [1.82, 2.24) is 29.8 Å². The van der Waals surface area contributed by atoms with Gasteiger partial charge in [0, 0.05) is 42.9 Å². The fourth-order valence-electron chi connectivity index (χ4n) is 5.36. The number of pyridine rings is 3. The molecule has 4 N–H and O–H groups in total. The molecule has 1 saturated carbocycles. The fraction of sp³-hybridized carbons (Fsp3) is 0.233. The van der Waals surface area contributed by atoms with Crippen molar-refractivity contribution in [2.24, 2.45) is 0 Å². The summed E-state index contributed by atoms with van der Waals surface area (Å²) in [5, 5.41) is 3.46. The van der Waals surface area contributed by atoms with Crippen LogP contribution in [0.3, 0.4) is 0 Å². The number of imidazole rings is 1. The molecule has 9 heteroatoms. The molecule has 0 saturated heterocycles. The van der Waals surface area contributed by atoms with Crippen LogP contribution in [0, 0.1) is 0 Å². The summed E-state index contributed by atoms with van der Waals surface area (Å²) in [5.41, 5.74) is 11.0. The molecule has 1 fully saturated rings. The smallest absolute Gasteiger partial charge is 0.224 e. The van der Waals surface area contributed by atoms with Crippen LogP contribution in [0.25, 0.3) is 33.7 Å². The Labute approximate surface area is 225 Å². The van der Waals surface area contributed by atoms with Gasteiger partial charge in [-0.05, 0) is 48.2 Å². The molecule has 0 aliphatic heterocycles. The number of nitrogens with zero attached hydrogens (tertiary/aromatic N) is 4. The maximum atomic E-state index is 13.5. The zero-order valence-electron chi connectivity index (χ0n) is 21.4. The minimum Gasteiger partial charge on any atom is -0.384 e. The lowest BCUT2D eigenvalue weighted by molar-refractivity contribution is -0.120. The first-order chi connectivity index (χ1) is 19.1. The summed E-state index contributed by atoms with van der Waals surface area (Å²) < 4.78 is 2.03. The average molecular weight is 520 g/mol. The van der Waals surface area contributed by atoms with E-state index in [0.29, 0.717) is 34.8 Å². The largest absolute Gasteiger partial charge is 0.384 e. The standard InChI is InChI=1S/C30H29N7O2/c31-28-26(29-33-15-16-34-29)27(39)23-9-10-24(36-30(23)37(28)22-3-1-2-4-22)21-7-5-19(6-8-21)17-25(38)35-18-20-11-13-32-14-12-20/h5-16,22H,1-4,17-18,31H2,(H,33,34)(H,35,38). The van der Waals surface area contributed by atoms with Crippen molar-refractivity contribution in [2.75, 3.05) is 5.73 Å². The van der Waals surface area contributed by atoms with Crippen molar-refractivity contribution < 1.29 is 4.79 Å². The van der Waals surface area contributed by atoms with Crippen LogP contribution in [0.2, 0.25) is 0 Å². The van der Waals surface area contributed by atoms with E-state index in [1.165, 1.54) is 0 Å². The zero-order chi connectivity index (χ0) is 26.8. The van der Waals surface area contributed by atoms with Gasteiger partial charge in [0.25, 0.3) is 0 Å². The van der Waals surface area contributed by atoms with Crippen molar-refractivity contribution in [3.05, 3.63) is 94.7 Å². The Balaban J connectivity index is 1.30. The summed E-state index contributed by atoms with van der Waals surface area (Å²) >= 11 is 0. The number of fused-ring (bicyclic) bond motifs is 1. The van der Waals surface area contributed by atoms with Crippen molar-refractivity contribution in [3.8, 4) is 22.6 Å². The third-order valence-electron chi connectivity index (χ3n) is 7.37. The van der Waals surface area contributed by atoms with Gasteiger partial charge in [-0.3, -0.25) is 14.6 Å². The highest BCUT2D eigenvalue weighted by atomic mass is 16.1. The van der Waals surface area contributed by atoms with Gasteiger partial charge in [0.15, 0.2) is 0 Å². The van der Waals surface area contributed by atoms with Crippen LogP contribution < -0.4 is 16.5 Å². The van der Waals surface area contributed by atoms with Crippen LogP contribution in [0.15, 0.2) is 78.1 Å². The number of hydrogen-bond acceptors (Lipinski definition) is 6. The first-order valence-electron chi connectivity index (χ1n) is 13.2. The predicted molar refractivity (Wildman–Crippen MR) is 151 cm³/mol. The minimum absolute atomic E-state index is 0.0493. The van der Waals surface area contributed by atoms with Crippen LogP contribution in [0.5, 0.6) is 0 Å². The van der Waals surface area contributed by atoms with Crippen LogP contribution >= 0.6 is 0 Å². The summed E-state index contributed by atoms with van der Waals surface area (Å²) in [6.45, 7) is 0.466. The van der Waals surface area contributed by atoms with Crippen LogP contribution in [0.1, 0.15) is 42.9 Å². The fourth-order valence-corrected chi connectivity index (χ4v) is 5.36. The lowest BCUT2D eigenvalue weighted by atomic mass is 10.0. The van der Waals surface area contributed by atoms with E-state index in [9.17, 15) is 9.59 Å². The number of benzene rings is 1. The van der Waals surface area contributed by atoms with E-state index in [1.807, 2.05) is 53.1 Å². The second-order valence-corrected chi connectivity index (χ2v) is 9.91. The number of aromatic amines is 1. The Kier molecular flexibility index (Phi) is 6.62. The molecule has 0 unspecified atom stereocenters. The number of nitrogens with one attached hydrogen (secondary N) is 2. The topological polar surface area (TPSA) is 132 Å². The number of hydrogen-bond donors (Lipinski definition) is 3. The van der Waals surface area contributed by atoms with E-state index in [0.717, 1.165) is 48.1 Å². The molecule has 0 radical (unpaired) electrons. The molecule has 0 bridgehead atoms. The number of carbonyl (C=O) groups is 1. The highest BCUT2D eigenvalue weighted by Crippen LogP contribution is 2.36. The van der Waals surface area contributed by atoms with Gasteiger partial charge in [0.1, 0.15) is 22.9 Å². The van der Waals surface area contributed by atoms with Gasteiger partial charge in [0.05, 0.1) is 17.5 Å². The highest BCUT2D eigenvalue weighted by molar-refractivity contribution is 5.87. The Hall–Kier alpha value is -4.79. The number of aromatic nitrogens is 5. The van der Waals surface area contributed by atoms with Gasteiger partial charge < -0.3 is 20.6 Å². The normalized spacial score (nSPS) is 13.6. The zero-order valence-corrected chi connectivity index (χ0v) is 21.4. The van der Waals surface area contributed by atoms with Crippen LogP contribution in [-0.2, 0) is 17.8 Å². The highest BCUT2D eigenvalue weighted by Gasteiger charge is 2.26. The van der Waals surface area contributed by atoms with Gasteiger partial charge in [-0.25, -0.2) is 9.97 Å². The Morgan fingerprint density at radius 1 is 1.00 bits per heavy atom. The molecule has 4 aromatic heterocycles. The molecule has 5 aromatic rings. The summed E-state index contributed by atoms with van der Waals surface area (Å²) in [4.78, 5) is 42.2. The minimum atomic E-state index is -0.182. The van der Waals surface area contributed by atoms with Crippen molar-refractivity contribution >= 4 is 22.8 Å². The van der Waals surface area contributed by atoms with E-state index < -0.39 is 0 Å². The molecule has 4 heterocycles. The molecule has 9 nitrogen and oxygen atoms in total. The second kappa shape index (κ2) is 10.5. The first kappa shape index (κ1) is 24.5. The van der Waals surface area contributed by atoms with Crippen molar-refractivity contribution in [2.45, 2.75) is 44.7 Å². The van der Waals surface area contributed by atoms with Crippen LogP contribution in [-0.4, -0.2) is 30.4 Å². The number of carbonyl (C=O) groups excluding carboxylic acids is 1. The number of rotatable bonds is 7. The number of nitrogens with two attached hydrogens (primary N) is 1. The third-order valence-corrected chi connectivity index (χ3v) is 7.37. The van der Waals surface area contributed by atoms with E-state index in [4.69, 9.17) is 10.7 Å². The molecular weight excluding hydrogens is 490 g/mol. The molecule has 0 atom stereocenters. The van der Waals surface area contributed by atoms with E-state index in [-0.39, 0.29) is 23.8 Å². The molecule has 0 spiro atoms. The SMILES string of the molecule is Nc1c(-c2ncc[nH]2)c(=O)c2ccc(-c3ccc(CC(=O)NCc4ccncc4)cc3)nc2n1C1CCCC1. The first-order valence-corrected chi connectivity index (χ1v) is 13.2. The Morgan fingerprint density at radius 2 is 1.77 bits per heavy atom. The summed E-state index contributed by atoms with van der Waals surface area (Å²) in [5.74, 6) is 0.814. The lowest BCUT2D eigenvalue weighted by Crippen LogP contribution is -2.24. The predicted octanol–water partition coefficient (Wildman–Crippen LogP) is 4.40. The Morgan fingerprint density at radius 3 is 2.49 bits per heavy atom. The third kappa shape index (κ3) is 4.90. The monoisotopic (exact) mass is 519 g/mol. The molecule has 196 valence electrons. The second-order valence-electron chi connectivity index (χ2n) is 9.91. The quantitative estimate of drug-likeness (QED) is 0.292. The number of anilines is 1. The maximum absolute atomic E-state index is 13.5. The Bertz CT molecular complexity index is 1670. The number of amides is 1. The lowest BCUT2D eigenvalue weighted by Gasteiger charge is -2.22. The molecule has 1 aliphatic rings. The number of nitrogen functional groups attached to an aromatic ring is 1. The van der Waals surface area contributed by atoms with Gasteiger partial charge in [-0.15, -0.1) is 0 Å². The van der Waals surface area contributed by atoms with Gasteiger partial charge in [0.2, 0.25) is 11.3 Å². The van der Waals surface area contributed by atoms with Gasteiger partial charge in [-0.2, -0.15) is 0 Å². The molecule has 39 heavy (non-hydrogen) atoms. The molecule has 6 rings (SSSR count). The van der Waals surface area contributed by atoms with E-state index in [2.05, 4.69) is 20.3 Å². The van der Waals surface area contributed by atoms with Crippen molar-refractivity contribution in [3.63, 3.8) is 0 Å². The maximum Gasteiger partial charge on any atom is 0.224 e. The van der Waals surface area contributed by atoms with Gasteiger partial charge >= 0.3 is 0 Å². The average Bonchev–Trinajstić information content (AvgIpc) is 3.68. The van der Waals surface area contributed by atoms with Crippen LogP contribution in [0.4, 0.5) is 5.82 Å². The molecular formula is C30H29N7O2. The van der Waals surface area contributed by atoms with Gasteiger partial charge in [-0.1, -0.05) is 37.1 Å². The van der Waals surface area contributed by atoms with E-state index >= 15 is 0 Å².